The fourth-order valence-corrected chi connectivity index (χ4v) is 1.36. The van der Waals surface area contributed by atoms with E-state index in [-0.39, 0.29) is 0 Å². The SMILES string of the molecule is COCCCCC[n+]1cccc(O)c1.CS(=O)(=O)O. The second kappa shape index (κ2) is 9.71. The highest BCUT2D eigenvalue weighted by molar-refractivity contribution is 7.85. The van der Waals surface area contributed by atoms with Gasteiger partial charge in [0.15, 0.2) is 11.9 Å². The number of nitrogens with zero attached hydrogens (tertiary/aromatic N) is 1. The Kier molecular flexibility index (Phi) is 9.11. The van der Waals surface area contributed by atoms with Gasteiger partial charge in [0, 0.05) is 26.2 Å². The number of rotatable bonds is 6. The summed E-state index contributed by atoms with van der Waals surface area (Å²) in [6.45, 7) is 1.79. The van der Waals surface area contributed by atoms with Crippen molar-refractivity contribution in [1.29, 1.82) is 0 Å². The normalized spacial score (nSPS) is 10.7. The molecule has 0 aliphatic carbocycles. The van der Waals surface area contributed by atoms with E-state index in [9.17, 15) is 13.5 Å². The lowest BCUT2D eigenvalue weighted by Gasteiger charge is -1.98. The number of aryl methyl sites for hydroxylation is 1. The van der Waals surface area contributed by atoms with Gasteiger partial charge in [-0.3, -0.25) is 4.55 Å². The Bertz CT molecular complexity index is 439. The van der Waals surface area contributed by atoms with E-state index >= 15 is 0 Å². The molecule has 7 heteroatoms. The zero-order chi connectivity index (χ0) is 14.7. The molecule has 2 N–H and O–H groups in total. The minimum absolute atomic E-state index is 0.324. The van der Waals surface area contributed by atoms with Crippen molar-refractivity contribution < 1.29 is 27.4 Å². The fraction of sp³-hybridized carbons (Fsp3) is 0.583. The molecule has 6 nitrogen and oxygen atoms in total. The number of hydrogen-bond donors (Lipinski definition) is 2. The molecule has 0 aliphatic rings. The van der Waals surface area contributed by atoms with Gasteiger partial charge >= 0.3 is 0 Å². The van der Waals surface area contributed by atoms with Crippen molar-refractivity contribution in [2.24, 2.45) is 0 Å². The molecule has 0 aromatic carbocycles. The monoisotopic (exact) mass is 292 g/mol. The molecular formula is C12H22NO5S+. The van der Waals surface area contributed by atoms with E-state index in [0.717, 1.165) is 32.4 Å². The van der Waals surface area contributed by atoms with Crippen LogP contribution in [-0.2, 0) is 21.4 Å². The molecule has 0 aliphatic heterocycles. The summed E-state index contributed by atoms with van der Waals surface area (Å²) in [7, 11) is -1.94. The van der Waals surface area contributed by atoms with Crippen LogP contribution in [0, 0.1) is 0 Å². The molecular weight excluding hydrogens is 270 g/mol. The van der Waals surface area contributed by atoms with Crippen molar-refractivity contribution in [3.8, 4) is 5.75 Å². The maximum Gasteiger partial charge on any atom is 0.261 e. The van der Waals surface area contributed by atoms with E-state index in [0.29, 0.717) is 12.0 Å². The van der Waals surface area contributed by atoms with Gasteiger partial charge in [-0.2, -0.15) is 8.42 Å². The number of aromatic hydroxyl groups is 1. The van der Waals surface area contributed by atoms with E-state index in [4.69, 9.17) is 9.29 Å². The second-order valence-corrected chi connectivity index (χ2v) is 5.55. The van der Waals surface area contributed by atoms with Crippen LogP contribution in [0.3, 0.4) is 0 Å². The van der Waals surface area contributed by atoms with Crippen molar-refractivity contribution in [2.75, 3.05) is 20.0 Å². The maximum absolute atomic E-state index is 9.21. The Morgan fingerprint density at radius 3 is 2.47 bits per heavy atom. The highest BCUT2D eigenvalue weighted by Gasteiger charge is 2.00. The van der Waals surface area contributed by atoms with E-state index in [1.165, 1.54) is 0 Å². The van der Waals surface area contributed by atoms with Gasteiger partial charge in [0.2, 0.25) is 6.20 Å². The summed E-state index contributed by atoms with van der Waals surface area (Å²) in [5.74, 6) is 0.324. The molecule has 1 aromatic heterocycles. The minimum atomic E-state index is -3.67. The summed E-state index contributed by atoms with van der Waals surface area (Å²) in [5.41, 5.74) is 0. The number of pyridine rings is 1. The van der Waals surface area contributed by atoms with Gasteiger partial charge < -0.3 is 9.84 Å². The van der Waals surface area contributed by atoms with Crippen molar-refractivity contribution >= 4 is 10.1 Å². The second-order valence-electron chi connectivity index (χ2n) is 4.09. The van der Waals surface area contributed by atoms with Gasteiger partial charge in [-0.25, -0.2) is 4.57 Å². The molecule has 110 valence electrons. The molecule has 0 spiro atoms. The molecule has 0 saturated heterocycles. The molecule has 0 amide bonds. The summed E-state index contributed by atoms with van der Waals surface area (Å²) in [4.78, 5) is 0. The lowest BCUT2D eigenvalue weighted by atomic mass is 10.2. The van der Waals surface area contributed by atoms with Crippen LogP contribution in [0.2, 0.25) is 0 Å². The molecule has 1 aromatic rings. The van der Waals surface area contributed by atoms with E-state index < -0.39 is 10.1 Å². The van der Waals surface area contributed by atoms with Crippen LogP contribution in [0.25, 0.3) is 0 Å². The van der Waals surface area contributed by atoms with Crippen LogP contribution in [0.5, 0.6) is 5.75 Å². The number of aromatic nitrogens is 1. The van der Waals surface area contributed by atoms with Gasteiger partial charge in [0.05, 0.1) is 6.26 Å². The quantitative estimate of drug-likeness (QED) is 0.464. The molecule has 0 atom stereocenters. The van der Waals surface area contributed by atoms with E-state index in [1.807, 2.05) is 16.8 Å². The smallest absolute Gasteiger partial charge is 0.261 e. The largest absolute Gasteiger partial charge is 0.503 e. The fourth-order valence-electron chi connectivity index (χ4n) is 1.36. The Labute approximate surface area is 114 Å². The van der Waals surface area contributed by atoms with Crippen molar-refractivity contribution in [2.45, 2.75) is 25.8 Å². The Morgan fingerprint density at radius 1 is 1.32 bits per heavy atom. The summed E-state index contributed by atoms with van der Waals surface area (Å²) in [6.07, 6.45) is 7.82. The molecule has 0 bridgehead atoms. The third kappa shape index (κ3) is 14.8. The highest BCUT2D eigenvalue weighted by atomic mass is 32.2. The number of hydrogen-bond acceptors (Lipinski definition) is 4. The first-order chi connectivity index (χ1) is 8.83. The average molecular weight is 292 g/mol. The number of ether oxygens (including phenoxy) is 1. The predicted octanol–water partition coefficient (Wildman–Crippen LogP) is 1.00. The first kappa shape index (κ1) is 17.8. The van der Waals surface area contributed by atoms with Gasteiger partial charge in [-0.05, 0) is 18.9 Å². The van der Waals surface area contributed by atoms with Gasteiger partial charge in [-0.15, -0.1) is 0 Å². The van der Waals surface area contributed by atoms with Crippen LogP contribution in [0.15, 0.2) is 24.5 Å². The van der Waals surface area contributed by atoms with E-state index in [1.54, 1.807) is 19.4 Å². The first-order valence-corrected chi connectivity index (χ1v) is 7.77. The van der Waals surface area contributed by atoms with Gasteiger partial charge in [-0.1, -0.05) is 0 Å². The summed E-state index contributed by atoms with van der Waals surface area (Å²) >= 11 is 0. The van der Waals surface area contributed by atoms with Crippen LogP contribution < -0.4 is 4.57 Å². The molecule has 0 radical (unpaired) electrons. The van der Waals surface area contributed by atoms with Crippen molar-refractivity contribution in [1.82, 2.24) is 0 Å². The third-order valence-electron chi connectivity index (χ3n) is 2.11. The lowest BCUT2D eigenvalue weighted by Crippen LogP contribution is -2.32. The average Bonchev–Trinajstić information content (AvgIpc) is 2.27. The number of methoxy groups -OCH3 is 1. The van der Waals surface area contributed by atoms with Crippen molar-refractivity contribution in [3.63, 3.8) is 0 Å². The topological polar surface area (TPSA) is 87.7 Å². The first-order valence-electron chi connectivity index (χ1n) is 5.92. The summed E-state index contributed by atoms with van der Waals surface area (Å²) in [5, 5.41) is 9.21. The summed E-state index contributed by atoms with van der Waals surface area (Å²) in [6, 6.07) is 3.53. The van der Waals surface area contributed by atoms with Gasteiger partial charge in [0.1, 0.15) is 6.54 Å². The zero-order valence-corrected chi connectivity index (χ0v) is 12.1. The molecule has 0 saturated carbocycles. The predicted molar refractivity (Wildman–Crippen MR) is 71.5 cm³/mol. The Morgan fingerprint density at radius 2 is 1.95 bits per heavy atom. The Balaban J connectivity index is 0.000000555. The van der Waals surface area contributed by atoms with E-state index in [2.05, 4.69) is 0 Å². The lowest BCUT2D eigenvalue weighted by molar-refractivity contribution is -0.697. The van der Waals surface area contributed by atoms with Crippen LogP contribution >= 0.6 is 0 Å². The zero-order valence-electron chi connectivity index (χ0n) is 11.3. The van der Waals surface area contributed by atoms with Crippen LogP contribution in [0.4, 0.5) is 0 Å². The minimum Gasteiger partial charge on any atom is -0.503 e. The molecule has 0 unspecified atom stereocenters. The number of unbranched alkanes of at least 4 members (excludes halogenated alkanes) is 2. The summed E-state index contributed by atoms with van der Waals surface area (Å²) < 4.78 is 32.8. The molecule has 1 rings (SSSR count). The van der Waals surface area contributed by atoms with Gasteiger partial charge in [0.25, 0.3) is 10.1 Å². The molecule has 1 heterocycles. The van der Waals surface area contributed by atoms with Crippen LogP contribution in [0.1, 0.15) is 19.3 Å². The van der Waals surface area contributed by atoms with Crippen LogP contribution in [-0.4, -0.2) is 38.0 Å². The third-order valence-corrected chi connectivity index (χ3v) is 2.11. The highest BCUT2D eigenvalue weighted by Crippen LogP contribution is 2.01. The Hall–Kier alpha value is -1.18. The standard InChI is InChI=1S/C11H17NO2.CH4O3S/c1-14-9-4-2-3-7-12-8-5-6-11(13)10-12;1-5(2,3)4/h5-6,8,10H,2-4,7,9H2,1H3;1H3,(H,2,3,4)/p+1. The molecule has 19 heavy (non-hydrogen) atoms. The molecule has 0 fully saturated rings. The van der Waals surface area contributed by atoms with Crippen molar-refractivity contribution in [3.05, 3.63) is 24.5 Å². The maximum atomic E-state index is 9.21.